The molecule has 0 bridgehead atoms. The van der Waals surface area contributed by atoms with Crippen molar-refractivity contribution in [2.75, 3.05) is 13.7 Å². The van der Waals surface area contributed by atoms with Gasteiger partial charge in [-0.1, -0.05) is 18.2 Å². The van der Waals surface area contributed by atoms with Gasteiger partial charge in [0.25, 0.3) is 0 Å². The van der Waals surface area contributed by atoms with E-state index in [9.17, 15) is 4.79 Å². The third-order valence-electron chi connectivity index (χ3n) is 4.67. The average molecular weight is 329 g/mol. The summed E-state index contributed by atoms with van der Waals surface area (Å²) in [5, 5.41) is 7.47. The normalized spacial score (nSPS) is 11.4. The molecule has 0 unspecified atom stereocenters. The molecule has 2 rings (SSSR count). The number of aromatic nitrogens is 2. The number of nitrogens with zero attached hydrogens (tertiary/aromatic N) is 2. The third-order valence-corrected chi connectivity index (χ3v) is 4.67. The maximum atomic E-state index is 12.7. The molecule has 0 atom stereocenters. The topological polar surface area (TPSA) is 56.1 Å². The SMILES string of the molecule is COc1ccccc1C(C)(C)C(=O)NCCc1c(C)nn(C)c1C. The summed E-state index contributed by atoms with van der Waals surface area (Å²) in [6.45, 7) is 8.48. The van der Waals surface area contributed by atoms with Crippen molar-refractivity contribution in [1.82, 2.24) is 15.1 Å². The molecule has 0 radical (unpaired) electrons. The summed E-state index contributed by atoms with van der Waals surface area (Å²) in [5.74, 6) is 0.725. The molecule has 130 valence electrons. The fraction of sp³-hybridized carbons (Fsp3) is 0.474. The van der Waals surface area contributed by atoms with Crippen molar-refractivity contribution in [3.63, 3.8) is 0 Å². The first-order chi connectivity index (χ1) is 11.3. The quantitative estimate of drug-likeness (QED) is 0.886. The Bertz CT molecular complexity index is 732. The highest BCUT2D eigenvalue weighted by Gasteiger charge is 2.32. The molecule has 0 fully saturated rings. The van der Waals surface area contributed by atoms with Crippen molar-refractivity contribution in [3.05, 3.63) is 46.8 Å². The van der Waals surface area contributed by atoms with Crippen LogP contribution >= 0.6 is 0 Å². The van der Waals surface area contributed by atoms with Crippen LogP contribution in [0.4, 0.5) is 0 Å². The van der Waals surface area contributed by atoms with Gasteiger partial charge in [-0.15, -0.1) is 0 Å². The first kappa shape index (κ1) is 18.0. The minimum atomic E-state index is -0.661. The van der Waals surface area contributed by atoms with Gasteiger partial charge in [0, 0.05) is 24.8 Å². The van der Waals surface area contributed by atoms with Crippen molar-refractivity contribution < 1.29 is 9.53 Å². The molecule has 24 heavy (non-hydrogen) atoms. The highest BCUT2D eigenvalue weighted by Crippen LogP contribution is 2.31. The van der Waals surface area contributed by atoms with Crippen LogP contribution in [0, 0.1) is 13.8 Å². The van der Waals surface area contributed by atoms with Crippen LogP contribution in [0.1, 0.15) is 36.4 Å². The number of ether oxygens (including phenoxy) is 1. The monoisotopic (exact) mass is 329 g/mol. The molecule has 5 nitrogen and oxygen atoms in total. The second kappa shape index (κ2) is 7.07. The van der Waals surface area contributed by atoms with E-state index in [1.807, 2.05) is 56.8 Å². The molecule has 1 heterocycles. The Balaban J connectivity index is 2.06. The Morgan fingerprint density at radius 1 is 1.29 bits per heavy atom. The smallest absolute Gasteiger partial charge is 0.230 e. The predicted octanol–water partition coefficient (Wildman–Crippen LogP) is 2.68. The van der Waals surface area contributed by atoms with E-state index in [0.717, 1.165) is 29.1 Å². The van der Waals surface area contributed by atoms with Gasteiger partial charge in [-0.2, -0.15) is 5.10 Å². The number of para-hydroxylation sites is 1. The number of methoxy groups -OCH3 is 1. The molecule has 1 aromatic carbocycles. The zero-order valence-corrected chi connectivity index (χ0v) is 15.4. The van der Waals surface area contributed by atoms with Gasteiger partial charge in [0.1, 0.15) is 5.75 Å². The Kier molecular flexibility index (Phi) is 5.32. The van der Waals surface area contributed by atoms with Crippen LogP contribution < -0.4 is 10.1 Å². The van der Waals surface area contributed by atoms with Crippen LogP contribution in [0.2, 0.25) is 0 Å². The standard InChI is InChI=1S/C19H27N3O2/c1-13-15(14(2)22(5)21-13)11-12-20-18(23)19(3,4)16-9-7-8-10-17(16)24-6/h7-10H,11-12H2,1-6H3,(H,20,23). The largest absolute Gasteiger partial charge is 0.496 e. The lowest BCUT2D eigenvalue weighted by Crippen LogP contribution is -2.41. The summed E-state index contributed by atoms with van der Waals surface area (Å²) in [6.07, 6.45) is 0.777. The Hall–Kier alpha value is -2.30. The summed E-state index contributed by atoms with van der Waals surface area (Å²) in [6, 6.07) is 7.65. The number of aryl methyl sites for hydroxylation is 2. The summed E-state index contributed by atoms with van der Waals surface area (Å²) >= 11 is 0. The number of amides is 1. The number of carbonyl (C=O) groups is 1. The van der Waals surface area contributed by atoms with E-state index in [0.29, 0.717) is 6.54 Å². The average Bonchev–Trinajstić information content (AvgIpc) is 2.80. The van der Waals surface area contributed by atoms with Gasteiger partial charge in [0.05, 0.1) is 18.2 Å². The third kappa shape index (κ3) is 3.45. The number of hydrogen-bond donors (Lipinski definition) is 1. The van der Waals surface area contributed by atoms with Crippen molar-refractivity contribution in [2.24, 2.45) is 7.05 Å². The number of rotatable bonds is 6. The first-order valence-electron chi connectivity index (χ1n) is 8.20. The van der Waals surface area contributed by atoms with Gasteiger partial charge in [-0.25, -0.2) is 0 Å². The maximum Gasteiger partial charge on any atom is 0.230 e. The number of benzene rings is 1. The van der Waals surface area contributed by atoms with Crippen molar-refractivity contribution in [1.29, 1.82) is 0 Å². The lowest BCUT2D eigenvalue weighted by molar-refractivity contribution is -0.125. The molecule has 0 saturated heterocycles. The molecular formula is C19H27N3O2. The van der Waals surface area contributed by atoms with E-state index in [2.05, 4.69) is 17.3 Å². The molecule has 1 N–H and O–H groups in total. The molecule has 0 aliphatic rings. The number of nitrogens with one attached hydrogen (secondary N) is 1. The summed E-state index contributed by atoms with van der Waals surface area (Å²) in [5.41, 5.74) is 3.59. The predicted molar refractivity (Wildman–Crippen MR) is 95.4 cm³/mol. The van der Waals surface area contributed by atoms with Crippen LogP contribution in [0.15, 0.2) is 24.3 Å². The van der Waals surface area contributed by atoms with E-state index in [4.69, 9.17) is 4.74 Å². The van der Waals surface area contributed by atoms with Crippen molar-refractivity contribution in [2.45, 2.75) is 39.5 Å². The van der Waals surface area contributed by atoms with Crippen LogP contribution in [-0.4, -0.2) is 29.3 Å². The Morgan fingerprint density at radius 2 is 1.96 bits per heavy atom. The van der Waals surface area contributed by atoms with Gasteiger partial charge in [0.15, 0.2) is 0 Å². The number of hydrogen-bond acceptors (Lipinski definition) is 3. The highest BCUT2D eigenvalue weighted by atomic mass is 16.5. The summed E-state index contributed by atoms with van der Waals surface area (Å²) in [7, 11) is 3.57. The van der Waals surface area contributed by atoms with Crippen LogP contribution in [0.5, 0.6) is 5.75 Å². The van der Waals surface area contributed by atoms with Crippen LogP contribution in [0.25, 0.3) is 0 Å². The molecule has 0 aliphatic heterocycles. The second-order valence-electron chi connectivity index (χ2n) is 6.60. The second-order valence-corrected chi connectivity index (χ2v) is 6.60. The van der Waals surface area contributed by atoms with Gasteiger partial charge < -0.3 is 10.1 Å². The number of carbonyl (C=O) groups excluding carboxylic acids is 1. The van der Waals surface area contributed by atoms with E-state index in [-0.39, 0.29) is 5.91 Å². The molecule has 0 saturated carbocycles. The van der Waals surface area contributed by atoms with Gasteiger partial charge in [-0.3, -0.25) is 9.48 Å². The zero-order chi connectivity index (χ0) is 17.9. The van der Waals surface area contributed by atoms with E-state index >= 15 is 0 Å². The van der Waals surface area contributed by atoms with E-state index < -0.39 is 5.41 Å². The van der Waals surface area contributed by atoms with Gasteiger partial charge >= 0.3 is 0 Å². The van der Waals surface area contributed by atoms with Crippen LogP contribution in [-0.2, 0) is 23.7 Å². The molecule has 0 spiro atoms. The highest BCUT2D eigenvalue weighted by molar-refractivity contribution is 5.88. The molecule has 0 aliphatic carbocycles. The lowest BCUT2D eigenvalue weighted by atomic mass is 9.83. The fourth-order valence-electron chi connectivity index (χ4n) is 2.98. The van der Waals surface area contributed by atoms with Crippen molar-refractivity contribution in [3.8, 4) is 5.75 Å². The summed E-state index contributed by atoms with van der Waals surface area (Å²) in [4.78, 5) is 12.7. The minimum Gasteiger partial charge on any atom is -0.496 e. The molecule has 5 heteroatoms. The van der Waals surface area contributed by atoms with E-state index in [1.54, 1.807) is 7.11 Å². The van der Waals surface area contributed by atoms with Crippen molar-refractivity contribution >= 4 is 5.91 Å². The van der Waals surface area contributed by atoms with Crippen LogP contribution in [0.3, 0.4) is 0 Å². The maximum absolute atomic E-state index is 12.7. The van der Waals surface area contributed by atoms with Gasteiger partial charge in [0.2, 0.25) is 5.91 Å². The fourth-order valence-corrected chi connectivity index (χ4v) is 2.98. The Morgan fingerprint density at radius 3 is 2.54 bits per heavy atom. The molecule has 1 aromatic heterocycles. The molecular weight excluding hydrogens is 302 g/mol. The first-order valence-corrected chi connectivity index (χ1v) is 8.20. The molecule has 2 aromatic rings. The molecule has 1 amide bonds. The van der Waals surface area contributed by atoms with Gasteiger partial charge in [-0.05, 0) is 45.7 Å². The Labute approximate surface area is 144 Å². The summed E-state index contributed by atoms with van der Waals surface area (Å²) < 4.78 is 7.28. The zero-order valence-electron chi connectivity index (χ0n) is 15.4. The lowest BCUT2D eigenvalue weighted by Gasteiger charge is -2.26. The van der Waals surface area contributed by atoms with E-state index in [1.165, 1.54) is 5.56 Å². The minimum absolute atomic E-state index is 0.00815.